The van der Waals surface area contributed by atoms with Crippen LogP contribution >= 0.6 is 11.3 Å². The van der Waals surface area contributed by atoms with E-state index in [0.717, 1.165) is 21.1 Å². The highest BCUT2D eigenvalue weighted by molar-refractivity contribution is 7.15. The number of aryl methyl sites for hydroxylation is 1. The molecule has 18 heavy (non-hydrogen) atoms. The Morgan fingerprint density at radius 2 is 1.94 bits per heavy atom. The maximum Gasteiger partial charge on any atom is 0.161 e. The zero-order valence-corrected chi connectivity index (χ0v) is 11.4. The number of ether oxygens (including phenoxy) is 2. The molecule has 0 atom stereocenters. The fraction of sp³-hybridized carbons (Fsp3) is 0.308. The number of aliphatic hydroxyl groups is 1. The first-order chi connectivity index (χ1) is 8.69. The van der Waals surface area contributed by atoms with Crippen LogP contribution in [0.2, 0.25) is 0 Å². The predicted octanol–water partition coefficient (Wildman–Crippen LogP) is 2.63. The molecule has 96 valence electrons. The molecule has 0 saturated heterocycles. The van der Waals surface area contributed by atoms with Crippen molar-refractivity contribution in [3.63, 3.8) is 0 Å². The van der Waals surface area contributed by atoms with Gasteiger partial charge >= 0.3 is 0 Å². The Labute approximate surface area is 110 Å². The van der Waals surface area contributed by atoms with E-state index in [9.17, 15) is 0 Å². The molecule has 0 fully saturated rings. The van der Waals surface area contributed by atoms with Gasteiger partial charge in [0.15, 0.2) is 11.5 Å². The van der Waals surface area contributed by atoms with Crippen molar-refractivity contribution in [1.82, 2.24) is 4.98 Å². The Bertz CT molecular complexity index is 551. The molecule has 1 aromatic carbocycles. The molecule has 1 heterocycles. The molecule has 5 heteroatoms. The normalized spacial score (nSPS) is 10.4. The fourth-order valence-electron chi connectivity index (χ4n) is 1.67. The fourth-order valence-corrected chi connectivity index (χ4v) is 2.59. The van der Waals surface area contributed by atoms with Gasteiger partial charge in [-0.3, -0.25) is 0 Å². The quantitative estimate of drug-likeness (QED) is 0.923. The van der Waals surface area contributed by atoms with E-state index in [1.807, 2.05) is 25.1 Å². The molecule has 4 nitrogen and oxygen atoms in total. The number of hydrogen-bond donors (Lipinski definition) is 1. The number of methoxy groups -OCH3 is 2. The minimum Gasteiger partial charge on any atom is -0.493 e. The van der Waals surface area contributed by atoms with Gasteiger partial charge in [-0.05, 0) is 25.1 Å². The van der Waals surface area contributed by atoms with Crippen molar-refractivity contribution < 1.29 is 14.6 Å². The first-order valence-electron chi connectivity index (χ1n) is 5.49. The van der Waals surface area contributed by atoms with Crippen molar-refractivity contribution in [1.29, 1.82) is 0 Å². The maximum atomic E-state index is 9.16. The lowest BCUT2D eigenvalue weighted by molar-refractivity contribution is 0.277. The summed E-state index contributed by atoms with van der Waals surface area (Å²) in [6, 6.07) is 5.67. The molecule has 0 amide bonds. The molecule has 0 radical (unpaired) electrons. The second kappa shape index (κ2) is 5.37. The molecule has 0 aliphatic carbocycles. The second-order valence-corrected chi connectivity index (χ2v) is 4.95. The minimum atomic E-state index is -0.0321. The summed E-state index contributed by atoms with van der Waals surface area (Å²) in [4.78, 5) is 5.43. The molecule has 2 rings (SSSR count). The monoisotopic (exact) mass is 265 g/mol. The van der Waals surface area contributed by atoms with Gasteiger partial charge in [-0.15, -0.1) is 11.3 Å². The van der Waals surface area contributed by atoms with Crippen LogP contribution in [0.5, 0.6) is 11.5 Å². The van der Waals surface area contributed by atoms with Crippen LogP contribution in [0.25, 0.3) is 10.6 Å². The average Bonchev–Trinajstić information content (AvgIpc) is 2.79. The largest absolute Gasteiger partial charge is 0.493 e. The summed E-state index contributed by atoms with van der Waals surface area (Å²) >= 11 is 1.56. The van der Waals surface area contributed by atoms with E-state index in [-0.39, 0.29) is 6.61 Å². The minimum absolute atomic E-state index is 0.0321. The summed E-state index contributed by atoms with van der Waals surface area (Å²) in [6.45, 7) is 1.92. The standard InChI is InChI=1S/C13H15NO3S/c1-8-10(7-15)14-13(18-8)9-4-5-11(16-2)12(6-9)17-3/h4-6,15H,7H2,1-3H3. The highest BCUT2D eigenvalue weighted by atomic mass is 32.1. The molecular formula is C13H15NO3S. The first-order valence-corrected chi connectivity index (χ1v) is 6.30. The summed E-state index contributed by atoms with van der Waals surface area (Å²) in [7, 11) is 3.21. The van der Waals surface area contributed by atoms with Crippen LogP contribution in [0.15, 0.2) is 18.2 Å². The van der Waals surface area contributed by atoms with E-state index in [1.165, 1.54) is 0 Å². The van der Waals surface area contributed by atoms with Crippen LogP contribution < -0.4 is 9.47 Å². The molecule has 0 aliphatic heterocycles. The smallest absolute Gasteiger partial charge is 0.161 e. The lowest BCUT2D eigenvalue weighted by Gasteiger charge is -2.08. The van der Waals surface area contributed by atoms with E-state index in [0.29, 0.717) is 11.5 Å². The molecule has 0 bridgehead atoms. The zero-order valence-electron chi connectivity index (χ0n) is 10.6. The lowest BCUT2D eigenvalue weighted by Crippen LogP contribution is -1.91. The molecule has 1 N–H and O–H groups in total. The van der Waals surface area contributed by atoms with Gasteiger partial charge in [0.25, 0.3) is 0 Å². The van der Waals surface area contributed by atoms with Gasteiger partial charge in [0.2, 0.25) is 0 Å². The Morgan fingerprint density at radius 1 is 1.22 bits per heavy atom. The Kier molecular flexibility index (Phi) is 3.84. The molecule has 1 aromatic heterocycles. The summed E-state index contributed by atoms with van der Waals surface area (Å²) in [6.07, 6.45) is 0. The van der Waals surface area contributed by atoms with E-state index in [4.69, 9.17) is 14.6 Å². The summed E-state index contributed by atoms with van der Waals surface area (Å²) in [5.74, 6) is 1.37. The van der Waals surface area contributed by atoms with Crippen molar-refractivity contribution in [2.45, 2.75) is 13.5 Å². The van der Waals surface area contributed by atoms with Gasteiger partial charge in [-0.25, -0.2) is 4.98 Å². The topological polar surface area (TPSA) is 51.6 Å². The van der Waals surface area contributed by atoms with Crippen molar-refractivity contribution in [2.24, 2.45) is 0 Å². The van der Waals surface area contributed by atoms with Gasteiger partial charge in [-0.1, -0.05) is 0 Å². The van der Waals surface area contributed by atoms with Crippen LogP contribution in [0.3, 0.4) is 0 Å². The summed E-state index contributed by atoms with van der Waals surface area (Å²) in [5.41, 5.74) is 1.69. The number of aromatic nitrogens is 1. The number of benzene rings is 1. The van der Waals surface area contributed by atoms with E-state index in [2.05, 4.69) is 4.98 Å². The molecule has 0 aliphatic rings. The maximum absolute atomic E-state index is 9.16. The summed E-state index contributed by atoms with van der Waals surface area (Å²) < 4.78 is 10.5. The lowest BCUT2D eigenvalue weighted by atomic mass is 10.2. The van der Waals surface area contributed by atoms with Crippen molar-refractivity contribution in [3.8, 4) is 22.1 Å². The number of nitrogens with zero attached hydrogens (tertiary/aromatic N) is 1. The number of aliphatic hydroxyl groups excluding tert-OH is 1. The van der Waals surface area contributed by atoms with Crippen LogP contribution in [-0.2, 0) is 6.61 Å². The highest BCUT2D eigenvalue weighted by Crippen LogP contribution is 2.34. The number of hydrogen-bond acceptors (Lipinski definition) is 5. The molecule has 0 saturated carbocycles. The Balaban J connectivity index is 2.44. The van der Waals surface area contributed by atoms with Gasteiger partial charge in [0.1, 0.15) is 5.01 Å². The van der Waals surface area contributed by atoms with Crippen molar-refractivity contribution in [3.05, 3.63) is 28.8 Å². The van der Waals surface area contributed by atoms with Crippen LogP contribution in [-0.4, -0.2) is 24.3 Å². The Hall–Kier alpha value is -1.59. The van der Waals surface area contributed by atoms with Crippen LogP contribution in [0.4, 0.5) is 0 Å². The number of rotatable bonds is 4. The van der Waals surface area contributed by atoms with E-state index in [1.54, 1.807) is 25.6 Å². The van der Waals surface area contributed by atoms with Crippen molar-refractivity contribution >= 4 is 11.3 Å². The van der Waals surface area contributed by atoms with Gasteiger partial charge < -0.3 is 14.6 Å². The predicted molar refractivity (Wildman–Crippen MR) is 71.3 cm³/mol. The molecule has 0 unspecified atom stereocenters. The van der Waals surface area contributed by atoms with E-state index < -0.39 is 0 Å². The third-order valence-electron chi connectivity index (χ3n) is 2.67. The van der Waals surface area contributed by atoms with Gasteiger partial charge in [0.05, 0.1) is 26.5 Å². The van der Waals surface area contributed by atoms with Gasteiger partial charge in [0, 0.05) is 10.4 Å². The van der Waals surface area contributed by atoms with Crippen molar-refractivity contribution in [2.75, 3.05) is 14.2 Å². The third-order valence-corrected chi connectivity index (χ3v) is 3.74. The van der Waals surface area contributed by atoms with Gasteiger partial charge in [-0.2, -0.15) is 0 Å². The van der Waals surface area contributed by atoms with Crippen LogP contribution in [0.1, 0.15) is 10.6 Å². The SMILES string of the molecule is COc1ccc(-c2nc(CO)c(C)s2)cc1OC. The molecular weight excluding hydrogens is 250 g/mol. The average molecular weight is 265 g/mol. The molecule has 0 spiro atoms. The zero-order chi connectivity index (χ0) is 13.1. The Morgan fingerprint density at radius 3 is 2.50 bits per heavy atom. The van der Waals surface area contributed by atoms with Crippen LogP contribution in [0, 0.1) is 6.92 Å². The highest BCUT2D eigenvalue weighted by Gasteiger charge is 2.11. The molecule has 2 aromatic rings. The van der Waals surface area contributed by atoms with E-state index >= 15 is 0 Å². The first kappa shape index (κ1) is 12.9. The number of thiazole rings is 1. The third kappa shape index (κ3) is 2.32. The summed E-state index contributed by atoms with van der Waals surface area (Å²) in [5, 5.41) is 10.0. The second-order valence-electron chi connectivity index (χ2n) is 3.75.